The molecule has 2 heteroatoms. The quantitative estimate of drug-likeness (QED) is 0.452. The lowest BCUT2D eigenvalue weighted by molar-refractivity contribution is 0.467. The maximum absolute atomic E-state index is 8.41. The third-order valence-electron chi connectivity index (χ3n) is 1.19. The highest BCUT2D eigenvalue weighted by Gasteiger charge is 2.06. The number of aliphatic hydroxyl groups is 1. The van der Waals surface area contributed by atoms with E-state index in [1.165, 1.54) is 0 Å². The Balaban J connectivity index is 2.59. The van der Waals surface area contributed by atoms with Gasteiger partial charge >= 0.3 is 0 Å². The molecule has 0 unspecified atom stereocenters. The van der Waals surface area contributed by atoms with E-state index in [2.05, 4.69) is 0 Å². The van der Waals surface area contributed by atoms with E-state index in [9.17, 15) is 0 Å². The number of allylic oxidation sites excluding steroid dienone is 1. The first-order valence-electron chi connectivity index (χ1n) is 2.60. The number of aliphatic hydroxyl groups excluding tert-OH is 1. The molecule has 0 aromatic rings. The van der Waals surface area contributed by atoms with Crippen LogP contribution in [0.4, 0.5) is 0 Å². The van der Waals surface area contributed by atoms with Gasteiger partial charge in [-0.3, -0.25) is 0 Å². The fraction of sp³-hybridized carbons (Fsp3) is 0.333. The zero-order valence-corrected chi connectivity index (χ0v) is 4.54. The first kappa shape index (κ1) is 5.38. The van der Waals surface area contributed by atoms with Crippen LogP contribution in [0, 0.1) is 0 Å². The SMILES string of the molecule is N[C@H]1C=C/C(=C\O)C1. The van der Waals surface area contributed by atoms with Crippen molar-refractivity contribution in [2.45, 2.75) is 12.5 Å². The zero-order valence-electron chi connectivity index (χ0n) is 4.54. The van der Waals surface area contributed by atoms with Crippen LogP contribution >= 0.6 is 0 Å². The largest absolute Gasteiger partial charge is 0.515 e. The van der Waals surface area contributed by atoms with Crippen molar-refractivity contribution in [3.8, 4) is 0 Å². The zero-order chi connectivity index (χ0) is 5.98. The second-order valence-electron chi connectivity index (χ2n) is 1.93. The van der Waals surface area contributed by atoms with Crippen LogP contribution in [0.15, 0.2) is 24.0 Å². The summed E-state index contributed by atoms with van der Waals surface area (Å²) in [5.41, 5.74) is 6.38. The van der Waals surface area contributed by atoms with E-state index in [1.807, 2.05) is 12.2 Å². The third-order valence-corrected chi connectivity index (χ3v) is 1.19. The molecule has 0 saturated carbocycles. The number of nitrogens with two attached hydrogens (primary N) is 1. The molecule has 0 heterocycles. The molecule has 1 rings (SSSR count). The van der Waals surface area contributed by atoms with Crippen molar-refractivity contribution in [2.75, 3.05) is 0 Å². The maximum atomic E-state index is 8.41. The van der Waals surface area contributed by atoms with E-state index in [1.54, 1.807) is 0 Å². The van der Waals surface area contributed by atoms with Gasteiger partial charge in [0, 0.05) is 6.04 Å². The predicted molar refractivity (Wildman–Crippen MR) is 32.4 cm³/mol. The Labute approximate surface area is 48.3 Å². The topological polar surface area (TPSA) is 46.2 Å². The lowest BCUT2D eigenvalue weighted by Crippen LogP contribution is -2.12. The molecular formula is C6H9NO. The van der Waals surface area contributed by atoms with Crippen LogP contribution < -0.4 is 5.73 Å². The van der Waals surface area contributed by atoms with Gasteiger partial charge in [0.25, 0.3) is 0 Å². The summed E-state index contributed by atoms with van der Waals surface area (Å²) in [5, 5.41) is 8.41. The fourth-order valence-corrected chi connectivity index (χ4v) is 0.751. The van der Waals surface area contributed by atoms with E-state index < -0.39 is 0 Å². The molecule has 3 N–H and O–H groups in total. The van der Waals surface area contributed by atoms with Crippen molar-refractivity contribution < 1.29 is 5.11 Å². The van der Waals surface area contributed by atoms with Crippen LogP contribution in [-0.4, -0.2) is 11.1 Å². The summed E-state index contributed by atoms with van der Waals surface area (Å²) >= 11 is 0. The van der Waals surface area contributed by atoms with Gasteiger partial charge in [-0.1, -0.05) is 12.2 Å². The molecule has 0 radical (unpaired) electrons. The van der Waals surface area contributed by atoms with Crippen molar-refractivity contribution >= 4 is 0 Å². The van der Waals surface area contributed by atoms with Gasteiger partial charge in [-0.15, -0.1) is 0 Å². The lowest BCUT2D eigenvalue weighted by Gasteiger charge is -1.93. The Morgan fingerprint density at radius 1 is 1.88 bits per heavy atom. The van der Waals surface area contributed by atoms with Crippen LogP contribution in [0.5, 0.6) is 0 Å². The molecule has 0 aromatic carbocycles. The molecule has 0 amide bonds. The highest BCUT2D eigenvalue weighted by molar-refractivity contribution is 5.26. The van der Waals surface area contributed by atoms with Crippen molar-refractivity contribution in [1.29, 1.82) is 0 Å². The molecule has 0 spiro atoms. The molecule has 0 bridgehead atoms. The summed E-state index contributed by atoms with van der Waals surface area (Å²) in [7, 11) is 0. The molecule has 8 heavy (non-hydrogen) atoms. The Morgan fingerprint density at radius 2 is 2.62 bits per heavy atom. The number of rotatable bonds is 0. The minimum atomic E-state index is 0.119. The van der Waals surface area contributed by atoms with Crippen LogP contribution in [0.1, 0.15) is 6.42 Å². The summed E-state index contributed by atoms with van der Waals surface area (Å²) in [6.45, 7) is 0. The standard InChI is InChI=1S/C6H9NO/c7-6-2-1-5(3-6)4-8/h1-2,4,6,8H,3,7H2/b5-4+/t6-/m0/s1. The first-order valence-corrected chi connectivity index (χ1v) is 2.60. The normalized spacial score (nSPS) is 32.1. The molecule has 1 aliphatic rings. The average molecular weight is 111 g/mol. The van der Waals surface area contributed by atoms with E-state index in [4.69, 9.17) is 10.8 Å². The minimum Gasteiger partial charge on any atom is -0.515 e. The summed E-state index contributed by atoms with van der Waals surface area (Å²) < 4.78 is 0. The van der Waals surface area contributed by atoms with Crippen LogP contribution in [-0.2, 0) is 0 Å². The number of hydrogen-bond donors (Lipinski definition) is 2. The Kier molecular flexibility index (Phi) is 1.35. The van der Waals surface area contributed by atoms with Crippen molar-refractivity contribution in [2.24, 2.45) is 5.73 Å². The van der Waals surface area contributed by atoms with E-state index in [0.717, 1.165) is 18.3 Å². The van der Waals surface area contributed by atoms with Gasteiger partial charge in [-0.05, 0) is 12.0 Å². The molecule has 44 valence electrons. The Bertz CT molecular complexity index is 137. The molecule has 0 saturated heterocycles. The van der Waals surface area contributed by atoms with Gasteiger partial charge in [-0.2, -0.15) is 0 Å². The van der Waals surface area contributed by atoms with Gasteiger partial charge in [0.15, 0.2) is 0 Å². The van der Waals surface area contributed by atoms with Crippen LogP contribution in [0.2, 0.25) is 0 Å². The highest BCUT2D eigenvalue weighted by atomic mass is 16.2. The molecule has 0 aromatic heterocycles. The van der Waals surface area contributed by atoms with Gasteiger partial charge in [0.05, 0.1) is 6.26 Å². The van der Waals surface area contributed by atoms with Crippen molar-refractivity contribution in [3.63, 3.8) is 0 Å². The second-order valence-corrected chi connectivity index (χ2v) is 1.93. The lowest BCUT2D eigenvalue weighted by atomic mass is 10.2. The maximum Gasteiger partial charge on any atom is 0.0824 e. The van der Waals surface area contributed by atoms with Gasteiger partial charge in [0.1, 0.15) is 0 Å². The smallest absolute Gasteiger partial charge is 0.0824 e. The van der Waals surface area contributed by atoms with E-state index in [0.29, 0.717) is 0 Å². The van der Waals surface area contributed by atoms with Crippen LogP contribution in [0.3, 0.4) is 0 Å². The predicted octanol–water partition coefficient (Wildman–Crippen LogP) is 0.716. The molecule has 2 nitrogen and oxygen atoms in total. The van der Waals surface area contributed by atoms with Gasteiger partial charge in [-0.25, -0.2) is 0 Å². The second kappa shape index (κ2) is 2.01. The minimum absolute atomic E-state index is 0.119. The third kappa shape index (κ3) is 0.898. The molecular weight excluding hydrogens is 102 g/mol. The van der Waals surface area contributed by atoms with Gasteiger partial charge in [0.2, 0.25) is 0 Å². The summed E-state index contributed by atoms with van der Waals surface area (Å²) in [4.78, 5) is 0. The van der Waals surface area contributed by atoms with Crippen LogP contribution in [0.25, 0.3) is 0 Å². The Morgan fingerprint density at radius 3 is 2.88 bits per heavy atom. The number of hydrogen-bond acceptors (Lipinski definition) is 2. The summed E-state index contributed by atoms with van der Waals surface area (Å²) in [5.74, 6) is 0. The fourth-order valence-electron chi connectivity index (χ4n) is 0.751. The van der Waals surface area contributed by atoms with Gasteiger partial charge < -0.3 is 10.8 Å². The van der Waals surface area contributed by atoms with Crippen molar-refractivity contribution in [1.82, 2.24) is 0 Å². The van der Waals surface area contributed by atoms with E-state index >= 15 is 0 Å². The first-order chi connectivity index (χ1) is 3.83. The monoisotopic (exact) mass is 111 g/mol. The molecule has 0 aliphatic heterocycles. The Hall–Kier alpha value is -0.760. The summed E-state index contributed by atoms with van der Waals surface area (Å²) in [6.07, 6.45) is 5.59. The summed E-state index contributed by atoms with van der Waals surface area (Å²) in [6, 6.07) is 0.119. The molecule has 1 aliphatic carbocycles. The van der Waals surface area contributed by atoms with Crippen molar-refractivity contribution in [3.05, 3.63) is 24.0 Å². The molecule has 1 atom stereocenters. The molecule has 0 fully saturated rings. The highest BCUT2D eigenvalue weighted by Crippen LogP contribution is 2.13. The average Bonchev–Trinajstić information content (AvgIpc) is 2.14. The van der Waals surface area contributed by atoms with E-state index in [-0.39, 0.29) is 6.04 Å².